The second-order valence-corrected chi connectivity index (χ2v) is 6.32. The fraction of sp³-hybridized carbons (Fsp3) is 0.167. The molecule has 22 heavy (non-hydrogen) atoms. The molecule has 3 nitrogen and oxygen atoms in total. The Hall–Kier alpha value is -2.01. The minimum atomic E-state index is -0.647. The topological polar surface area (TPSA) is 59.1 Å². The molecular formula is C18H18N2OS. The third-order valence-corrected chi connectivity index (χ3v) is 4.83. The summed E-state index contributed by atoms with van der Waals surface area (Å²) >= 11 is 1.57. The van der Waals surface area contributed by atoms with E-state index in [-0.39, 0.29) is 6.61 Å². The summed E-state index contributed by atoms with van der Waals surface area (Å²) in [6, 6.07) is 17.8. The molecule has 3 rings (SSSR count). The van der Waals surface area contributed by atoms with E-state index in [1.807, 2.05) is 66.9 Å². The lowest BCUT2D eigenvalue weighted by molar-refractivity contribution is 0.282. The first-order valence-electron chi connectivity index (χ1n) is 7.12. The lowest BCUT2D eigenvalue weighted by Gasteiger charge is -2.22. The van der Waals surface area contributed by atoms with Gasteiger partial charge in [0.1, 0.15) is 5.01 Å². The molecule has 1 atom stereocenters. The van der Waals surface area contributed by atoms with Gasteiger partial charge in [-0.25, -0.2) is 4.98 Å². The molecule has 2 aromatic carbocycles. The van der Waals surface area contributed by atoms with Gasteiger partial charge < -0.3 is 10.8 Å². The maximum absolute atomic E-state index is 9.14. The average Bonchev–Trinajstić information content (AvgIpc) is 3.06. The van der Waals surface area contributed by atoms with E-state index >= 15 is 0 Å². The van der Waals surface area contributed by atoms with Crippen LogP contribution in [0.25, 0.3) is 11.3 Å². The fourth-order valence-electron chi connectivity index (χ4n) is 2.33. The Morgan fingerprint density at radius 2 is 1.77 bits per heavy atom. The van der Waals surface area contributed by atoms with E-state index in [9.17, 15) is 0 Å². The molecule has 0 aliphatic rings. The number of aromatic nitrogens is 1. The first kappa shape index (κ1) is 14.9. The van der Waals surface area contributed by atoms with Gasteiger partial charge >= 0.3 is 0 Å². The number of aliphatic hydroxyl groups is 1. The normalized spacial score (nSPS) is 13.8. The first-order valence-corrected chi connectivity index (χ1v) is 8.00. The molecule has 1 heterocycles. The van der Waals surface area contributed by atoms with Crippen LogP contribution in [0, 0.1) is 0 Å². The van der Waals surface area contributed by atoms with Gasteiger partial charge in [0, 0.05) is 10.9 Å². The summed E-state index contributed by atoms with van der Waals surface area (Å²) in [5, 5.41) is 12.1. The molecule has 0 spiro atoms. The highest BCUT2D eigenvalue weighted by Crippen LogP contribution is 2.32. The Bertz CT molecular complexity index is 748. The van der Waals surface area contributed by atoms with Crippen LogP contribution >= 0.6 is 11.3 Å². The predicted molar refractivity (Wildman–Crippen MR) is 90.6 cm³/mol. The molecule has 1 aromatic heterocycles. The van der Waals surface area contributed by atoms with Crippen molar-refractivity contribution in [3.05, 3.63) is 76.1 Å². The summed E-state index contributed by atoms with van der Waals surface area (Å²) in [6.45, 7) is 2.01. The zero-order valence-corrected chi connectivity index (χ0v) is 13.2. The van der Waals surface area contributed by atoms with Crippen molar-refractivity contribution < 1.29 is 5.11 Å². The molecule has 3 N–H and O–H groups in total. The number of rotatable bonds is 4. The van der Waals surface area contributed by atoms with E-state index in [4.69, 9.17) is 15.8 Å². The van der Waals surface area contributed by atoms with Gasteiger partial charge in [-0.2, -0.15) is 0 Å². The monoisotopic (exact) mass is 310 g/mol. The molecule has 4 heteroatoms. The van der Waals surface area contributed by atoms with Gasteiger partial charge in [-0.05, 0) is 18.1 Å². The van der Waals surface area contributed by atoms with Gasteiger partial charge in [0.05, 0.1) is 17.8 Å². The second kappa shape index (κ2) is 6.01. The van der Waals surface area contributed by atoms with E-state index in [2.05, 4.69) is 0 Å². The number of thiazole rings is 1. The standard InChI is InChI=1S/C18H18N2OS/c1-18(19,15-9-7-13(11-21)8-10-15)17-20-16(12-22-17)14-5-3-2-4-6-14/h2-10,12,21H,11,19H2,1H3. The van der Waals surface area contributed by atoms with Crippen LogP contribution in [-0.4, -0.2) is 10.1 Å². The predicted octanol–water partition coefficient (Wildman–Crippen LogP) is 3.52. The largest absolute Gasteiger partial charge is 0.392 e. The van der Waals surface area contributed by atoms with Crippen molar-refractivity contribution >= 4 is 11.3 Å². The van der Waals surface area contributed by atoms with E-state index in [0.717, 1.165) is 27.4 Å². The minimum absolute atomic E-state index is 0.0387. The summed E-state index contributed by atoms with van der Waals surface area (Å²) in [5.74, 6) is 0. The van der Waals surface area contributed by atoms with Gasteiger partial charge in [0.15, 0.2) is 0 Å². The third kappa shape index (κ3) is 2.81. The summed E-state index contributed by atoms with van der Waals surface area (Å²) < 4.78 is 0. The van der Waals surface area contributed by atoms with Gasteiger partial charge in [-0.1, -0.05) is 54.6 Å². The van der Waals surface area contributed by atoms with Crippen LogP contribution < -0.4 is 5.73 Å². The van der Waals surface area contributed by atoms with E-state index < -0.39 is 5.54 Å². The SMILES string of the molecule is CC(N)(c1ccc(CO)cc1)c1nc(-c2ccccc2)cs1. The fourth-order valence-corrected chi connectivity index (χ4v) is 3.26. The molecule has 0 aliphatic carbocycles. The van der Waals surface area contributed by atoms with Gasteiger partial charge in [0.25, 0.3) is 0 Å². The van der Waals surface area contributed by atoms with E-state index in [1.165, 1.54) is 0 Å². The summed E-state index contributed by atoms with van der Waals surface area (Å²) in [4.78, 5) is 4.72. The lowest BCUT2D eigenvalue weighted by atomic mass is 9.93. The Morgan fingerprint density at radius 3 is 2.41 bits per heavy atom. The Labute approximate surface area is 134 Å². The van der Waals surface area contributed by atoms with Crippen molar-refractivity contribution in [1.29, 1.82) is 0 Å². The van der Waals surface area contributed by atoms with Crippen LogP contribution in [0.15, 0.2) is 60.0 Å². The first-order chi connectivity index (χ1) is 10.6. The van der Waals surface area contributed by atoms with Gasteiger partial charge in [-0.15, -0.1) is 11.3 Å². The van der Waals surface area contributed by atoms with Gasteiger partial charge in [0.2, 0.25) is 0 Å². The molecule has 1 unspecified atom stereocenters. The Balaban J connectivity index is 1.93. The maximum Gasteiger partial charge on any atom is 0.117 e. The van der Waals surface area contributed by atoms with Crippen LogP contribution in [0.2, 0.25) is 0 Å². The van der Waals surface area contributed by atoms with Crippen LogP contribution in [0.1, 0.15) is 23.1 Å². The quantitative estimate of drug-likeness (QED) is 0.775. The molecule has 0 aliphatic heterocycles. The second-order valence-electron chi connectivity index (χ2n) is 5.46. The third-order valence-electron chi connectivity index (χ3n) is 3.75. The molecule has 0 radical (unpaired) electrons. The Morgan fingerprint density at radius 1 is 1.09 bits per heavy atom. The molecule has 112 valence electrons. The average molecular weight is 310 g/mol. The number of hydrogen-bond acceptors (Lipinski definition) is 4. The van der Waals surface area contributed by atoms with E-state index in [0.29, 0.717) is 0 Å². The zero-order valence-electron chi connectivity index (χ0n) is 12.4. The highest BCUT2D eigenvalue weighted by Gasteiger charge is 2.27. The summed E-state index contributed by atoms with van der Waals surface area (Å²) in [6.07, 6.45) is 0. The maximum atomic E-state index is 9.14. The molecule has 3 aromatic rings. The highest BCUT2D eigenvalue weighted by atomic mass is 32.1. The number of aliphatic hydroxyl groups excluding tert-OH is 1. The van der Waals surface area contributed by atoms with Gasteiger partial charge in [-0.3, -0.25) is 0 Å². The number of benzene rings is 2. The minimum Gasteiger partial charge on any atom is -0.392 e. The Kier molecular flexibility index (Phi) is 4.07. The zero-order chi connectivity index (χ0) is 15.6. The molecule has 0 saturated heterocycles. The van der Waals surface area contributed by atoms with Crippen LogP contribution in [0.5, 0.6) is 0 Å². The number of nitrogens with zero attached hydrogens (tertiary/aromatic N) is 1. The van der Waals surface area contributed by atoms with E-state index in [1.54, 1.807) is 11.3 Å². The molecule has 0 fully saturated rings. The van der Waals surface area contributed by atoms with Crippen LogP contribution in [-0.2, 0) is 12.1 Å². The lowest BCUT2D eigenvalue weighted by Crippen LogP contribution is -2.34. The van der Waals surface area contributed by atoms with Crippen molar-refractivity contribution in [3.8, 4) is 11.3 Å². The molecule has 0 amide bonds. The molecular weight excluding hydrogens is 292 g/mol. The molecule has 0 bridgehead atoms. The smallest absolute Gasteiger partial charge is 0.117 e. The number of nitrogens with two attached hydrogens (primary N) is 1. The highest BCUT2D eigenvalue weighted by molar-refractivity contribution is 7.10. The molecule has 0 saturated carbocycles. The van der Waals surface area contributed by atoms with Crippen molar-refractivity contribution in [3.63, 3.8) is 0 Å². The van der Waals surface area contributed by atoms with Crippen molar-refractivity contribution in [2.45, 2.75) is 19.1 Å². The van der Waals surface area contributed by atoms with Crippen LogP contribution in [0.3, 0.4) is 0 Å². The van der Waals surface area contributed by atoms with Crippen molar-refractivity contribution in [2.24, 2.45) is 5.73 Å². The van der Waals surface area contributed by atoms with Crippen molar-refractivity contribution in [2.75, 3.05) is 0 Å². The summed E-state index contributed by atoms with van der Waals surface area (Å²) in [7, 11) is 0. The summed E-state index contributed by atoms with van der Waals surface area (Å²) in [5.41, 5.74) is 9.79. The van der Waals surface area contributed by atoms with Crippen LogP contribution in [0.4, 0.5) is 0 Å². The van der Waals surface area contributed by atoms with Crippen molar-refractivity contribution in [1.82, 2.24) is 4.98 Å². The number of hydrogen-bond donors (Lipinski definition) is 2.